The second kappa shape index (κ2) is 3.68. The molecule has 1 saturated heterocycles. The Hall–Kier alpha value is 0.110. The Labute approximate surface area is 77.3 Å². The van der Waals surface area contributed by atoms with Gasteiger partial charge in [0, 0.05) is 25.9 Å². The molecule has 0 radical (unpaired) electrons. The van der Waals surface area contributed by atoms with Crippen molar-refractivity contribution < 1.29 is 4.79 Å². The maximum absolute atomic E-state index is 10.9. The molecule has 1 aliphatic rings. The molecule has 1 aliphatic heterocycles. The van der Waals surface area contributed by atoms with E-state index in [1.807, 2.05) is 0 Å². The lowest BCUT2D eigenvalue weighted by molar-refractivity contribution is -0.127. The van der Waals surface area contributed by atoms with Gasteiger partial charge in [0.25, 0.3) is 0 Å². The molecule has 0 N–H and O–H groups in total. The van der Waals surface area contributed by atoms with E-state index < -0.39 is 0 Å². The third-order valence-electron chi connectivity index (χ3n) is 2.04. The molecule has 2 unspecified atom stereocenters. The molecule has 1 heterocycles. The third-order valence-corrected chi connectivity index (χ3v) is 3.00. The van der Waals surface area contributed by atoms with E-state index in [1.54, 1.807) is 11.8 Å². The molecule has 11 heavy (non-hydrogen) atoms. The lowest BCUT2D eigenvalue weighted by Crippen LogP contribution is -2.26. The molecular weight excluding hydrogens is 182 g/mol. The number of alkyl halides is 1. The first-order valence-corrected chi connectivity index (χ1v) is 4.72. The van der Waals surface area contributed by atoms with Gasteiger partial charge in [0.15, 0.2) is 0 Å². The van der Waals surface area contributed by atoms with Crippen molar-refractivity contribution in [2.45, 2.75) is 12.3 Å². The SMILES string of the molecule is CC(=O)N1CC(Cl)C(CS)C1. The highest BCUT2D eigenvalue weighted by Crippen LogP contribution is 2.22. The molecule has 0 spiro atoms. The Morgan fingerprint density at radius 3 is 2.64 bits per heavy atom. The van der Waals surface area contributed by atoms with Gasteiger partial charge in [-0.2, -0.15) is 12.6 Å². The summed E-state index contributed by atoms with van der Waals surface area (Å²) in [5, 5.41) is 0.0939. The summed E-state index contributed by atoms with van der Waals surface area (Å²) in [6.07, 6.45) is 0. The summed E-state index contributed by atoms with van der Waals surface area (Å²) >= 11 is 10.1. The van der Waals surface area contributed by atoms with Crippen LogP contribution in [-0.2, 0) is 4.79 Å². The van der Waals surface area contributed by atoms with Crippen LogP contribution in [-0.4, -0.2) is 35.0 Å². The van der Waals surface area contributed by atoms with Crippen molar-refractivity contribution in [2.24, 2.45) is 5.92 Å². The fourth-order valence-electron chi connectivity index (χ4n) is 1.26. The van der Waals surface area contributed by atoms with Crippen molar-refractivity contribution in [3.8, 4) is 0 Å². The van der Waals surface area contributed by atoms with Gasteiger partial charge in [-0.25, -0.2) is 0 Å². The molecule has 0 aromatic carbocycles. The van der Waals surface area contributed by atoms with Gasteiger partial charge in [-0.05, 0) is 5.75 Å². The van der Waals surface area contributed by atoms with Crippen LogP contribution >= 0.6 is 24.2 Å². The van der Waals surface area contributed by atoms with Crippen molar-refractivity contribution >= 4 is 30.1 Å². The molecule has 64 valence electrons. The number of carbonyl (C=O) groups excluding carboxylic acids is 1. The van der Waals surface area contributed by atoms with Crippen LogP contribution < -0.4 is 0 Å². The smallest absolute Gasteiger partial charge is 0.219 e. The highest BCUT2D eigenvalue weighted by Gasteiger charge is 2.31. The zero-order valence-electron chi connectivity index (χ0n) is 6.46. The Bertz CT molecular complexity index is 165. The lowest BCUT2D eigenvalue weighted by atomic mass is 10.1. The molecule has 0 bridgehead atoms. The van der Waals surface area contributed by atoms with E-state index in [0.29, 0.717) is 12.5 Å². The minimum atomic E-state index is 0.0939. The van der Waals surface area contributed by atoms with Gasteiger partial charge in [-0.15, -0.1) is 11.6 Å². The van der Waals surface area contributed by atoms with Crippen LogP contribution in [0.5, 0.6) is 0 Å². The van der Waals surface area contributed by atoms with Crippen LogP contribution in [0, 0.1) is 5.92 Å². The quantitative estimate of drug-likeness (QED) is 0.487. The molecule has 0 aromatic heterocycles. The highest BCUT2D eigenvalue weighted by atomic mass is 35.5. The van der Waals surface area contributed by atoms with Gasteiger partial charge >= 0.3 is 0 Å². The van der Waals surface area contributed by atoms with Gasteiger partial charge in [0.2, 0.25) is 5.91 Å². The van der Waals surface area contributed by atoms with Crippen molar-refractivity contribution in [1.29, 1.82) is 0 Å². The topological polar surface area (TPSA) is 20.3 Å². The van der Waals surface area contributed by atoms with Crippen molar-refractivity contribution in [2.75, 3.05) is 18.8 Å². The number of hydrogen-bond donors (Lipinski definition) is 1. The molecule has 1 rings (SSSR count). The predicted octanol–water partition coefficient (Wildman–Crippen LogP) is 1.00. The molecule has 4 heteroatoms. The molecule has 2 nitrogen and oxygen atoms in total. The zero-order valence-corrected chi connectivity index (χ0v) is 8.11. The normalized spacial score (nSPS) is 31.0. The standard InChI is InChI=1S/C7H12ClNOS/c1-5(10)9-2-6(4-11)7(8)3-9/h6-7,11H,2-4H2,1H3. The van der Waals surface area contributed by atoms with Crippen molar-refractivity contribution in [3.05, 3.63) is 0 Å². The van der Waals surface area contributed by atoms with Gasteiger partial charge < -0.3 is 4.90 Å². The Morgan fingerprint density at radius 1 is 1.73 bits per heavy atom. The summed E-state index contributed by atoms with van der Waals surface area (Å²) in [5.74, 6) is 1.24. The minimum Gasteiger partial charge on any atom is -0.341 e. The first-order chi connectivity index (χ1) is 5.15. The summed E-state index contributed by atoms with van der Waals surface area (Å²) in [6.45, 7) is 3.03. The molecule has 1 fully saturated rings. The van der Waals surface area contributed by atoms with E-state index in [9.17, 15) is 4.79 Å². The lowest BCUT2D eigenvalue weighted by Gasteiger charge is -2.11. The van der Waals surface area contributed by atoms with Crippen LogP contribution in [0.25, 0.3) is 0 Å². The fourth-order valence-corrected chi connectivity index (χ4v) is 2.09. The molecule has 1 amide bonds. The van der Waals surface area contributed by atoms with Crippen LogP contribution in [0.1, 0.15) is 6.92 Å². The average Bonchev–Trinajstić information content (AvgIpc) is 2.31. The van der Waals surface area contributed by atoms with E-state index in [2.05, 4.69) is 12.6 Å². The maximum atomic E-state index is 10.9. The van der Waals surface area contributed by atoms with Crippen molar-refractivity contribution in [1.82, 2.24) is 4.90 Å². The van der Waals surface area contributed by atoms with E-state index >= 15 is 0 Å². The van der Waals surface area contributed by atoms with E-state index in [1.165, 1.54) is 0 Å². The monoisotopic (exact) mass is 193 g/mol. The number of likely N-dealkylation sites (tertiary alicyclic amines) is 1. The van der Waals surface area contributed by atoms with Crippen LogP contribution in [0.3, 0.4) is 0 Å². The average molecular weight is 194 g/mol. The largest absolute Gasteiger partial charge is 0.341 e. The highest BCUT2D eigenvalue weighted by molar-refractivity contribution is 7.80. The number of hydrogen-bond acceptors (Lipinski definition) is 2. The maximum Gasteiger partial charge on any atom is 0.219 e. The third kappa shape index (κ3) is 2.03. The minimum absolute atomic E-state index is 0.0939. The van der Waals surface area contributed by atoms with E-state index in [0.717, 1.165) is 12.3 Å². The molecule has 0 aliphatic carbocycles. The summed E-state index contributed by atoms with van der Waals surface area (Å²) in [6, 6.07) is 0. The Kier molecular flexibility index (Phi) is 3.07. The summed E-state index contributed by atoms with van der Waals surface area (Å²) in [4.78, 5) is 12.7. The number of rotatable bonds is 1. The Morgan fingerprint density at radius 2 is 2.36 bits per heavy atom. The van der Waals surface area contributed by atoms with Gasteiger partial charge in [-0.1, -0.05) is 0 Å². The van der Waals surface area contributed by atoms with E-state index in [-0.39, 0.29) is 11.3 Å². The number of thiol groups is 1. The van der Waals surface area contributed by atoms with Crippen LogP contribution in [0.2, 0.25) is 0 Å². The summed E-state index contributed by atoms with van der Waals surface area (Å²) in [7, 11) is 0. The fraction of sp³-hybridized carbons (Fsp3) is 0.857. The second-order valence-corrected chi connectivity index (χ2v) is 3.81. The molecule has 0 saturated carbocycles. The first-order valence-electron chi connectivity index (χ1n) is 3.65. The number of amides is 1. The zero-order chi connectivity index (χ0) is 8.43. The van der Waals surface area contributed by atoms with Crippen LogP contribution in [0.4, 0.5) is 0 Å². The molecular formula is C7H12ClNOS. The van der Waals surface area contributed by atoms with Gasteiger partial charge in [0.05, 0.1) is 5.38 Å². The van der Waals surface area contributed by atoms with Crippen molar-refractivity contribution in [3.63, 3.8) is 0 Å². The number of nitrogens with zero attached hydrogens (tertiary/aromatic N) is 1. The number of carbonyl (C=O) groups is 1. The van der Waals surface area contributed by atoms with Crippen LogP contribution in [0.15, 0.2) is 0 Å². The second-order valence-electron chi connectivity index (χ2n) is 2.88. The van der Waals surface area contributed by atoms with Gasteiger partial charge in [-0.3, -0.25) is 4.79 Å². The molecule has 2 atom stereocenters. The summed E-state index contributed by atoms with van der Waals surface area (Å²) < 4.78 is 0. The Balaban J connectivity index is 2.49. The molecule has 0 aromatic rings. The number of halogens is 1. The first kappa shape index (κ1) is 9.20. The predicted molar refractivity (Wildman–Crippen MR) is 49.2 cm³/mol. The van der Waals surface area contributed by atoms with E-state index in [4.69, 9.17) is 11.6 Å². The van der Waals surface area contributed by atoms with Gasteiger partial charge in [0.1, 0.15) is 0 Å². The summed E-state index contributed by atoms with van der Waals surface area (Å²) in [5.41, 5.74) is 0.